The molecule has 0 fully saturated rings. The molecule has 25 heavy (non-hydrogen) atoms. The number of rotatable bonds is 5. The Bertz CT molecular complexity index is 777. The maximum absolute atomic E-state index is 12.2. The lowest BCUT2D eigenvalue weighted by atomic mass is 10.2. The second-order valence-corrected chi connectivity index (χ2v) is 6.27. The maximum Gasteiger partial charge on any atom is 0.273 e. The van der Waals surface area contributed by atoms with Gasteiger partial charge in [-0.1, -0.05) is 12.1 Å². The van der Waals surface area contributed by atoms with Crippen LogP contribution in [0.3, 0.4) is 0 Å². The number of hydrogen-bond acceptors (Lipinski definition) is 4. The van der Waals surface area contributed by atoms with E-state index >= 15 is 0 Å². The van der Waals surface area contributed by atoms with Gasteiger partial charge in [-0.15, -0.1) is 0 Å². The molecule has 0 spiro atoms. The minimum absolute atomic E-state index is 0.0242. The molecule has 0 saturated heterocycles. The normalized spacial score (nSPS) is 10.3. The number of benzene rings is 2. The van der Waals surface area contributed by atoms with Crippen LogP contribution in [-0.4, -0.2) is 25.0 Å². The first-order valence-electron chi connectivity index (χ1n) is 7.62. The monoisotopic (exact) mass is 406 g/mol. The van der Waals surface area contributed by atoms with Crippen LogP contribution in [0.4, 0.5) is 0 Å². The summed E-state index contributed by atoms with van der Waals surface area (Å²) in [6, 6.07) is 11.7. The van der Waals surface area contributed by atoms with E-state index in [1.54, 1.807) is 42.5 Å². The molecule has 6 nitrogen and oxygen atoms in total. The Balaban J connectivity index is 2.02. The molecule has 7 heteroatoms. The average Bonchev–Trinajstić information content (AvgIpc) is 2.60. The zero-order valence-electron chi connectivity index (χ0n) is 14.1. The molecule has 0 aliphatic rings. The van der Waals surface area contributed by atoms with Crippen LogP contribution in [-0.2, 0) is 0 Å². The lowest BCUT2D eigenvalue weighted by molar-refractivity contribution is 0.0845. The van der Waals surface area contributed by atoms with E-state index in [4.69, 9.17) is 9.47 Å². The van der Waals surface area contributed by atoms with E-state index in [0.717, 1.165) is 0 Å². The molecule has 0 heterocycles. The number of methoxy groups -OCH3 is 1. The van der Waals surface area contributed by atoms with Crippen molar-refractivity contribution in [2.75, 3.05) is 7.11 Å². The van der Waals surface area contributed by atoms with E-state index in [-0.39, 0.29) is 6.10 Å². The van der Waals surface area contributed by atoms with Crippen LogP contribution in [0.15, 0.2) is 46.9 Å². The van der Waals surface area contributed by atoms with Crippen LogP contribution in [0, 0.1) is 0 Å². The molecule has 0 aliphatic carbocycles. The zero-order chi connectivity index (χ0) is 18.4. The number of hydrogen-bond donors (Lipinski definition) is 2. The molecule has 2 N–H and O–H groups in total. The van der Waals surface area contributed by atoms with Crippen molar-refractivity contribution in [3.05, 3.63) is 58.1 Å². The molecule has 0 radical (unpaired) electrons. The molecule has 0 atom stereocenters. The van der Waals surface area contributed by atoms with Gasteiger partial charge in [0.25, 0.3) is 11.8 Å². The Morgan fingerprint density at radius 2 is 1.68 bits per heavy atom. The van der Waals surface area contributed by atoms with Gasteiger partial charge >= 0.3 is 0 Å². The molecule has 0 bridgehead atoms. The summed E-state index contributed by atoms with van der Waals surface area (Å²) in [7, 11) is 1.48. The first-order chi connectivity index (χ1) is 11.9. The number of carbonyl (C=O) groups is 2. The highest BCUT2D eigenvalue weighted by Gasteiger charge is 2.14. The van der Waals surface area contributed by atoms with Gasteiger partial charge in [-0.3, -0.25) is 20.4 Å². The van der Waals surface area contributed by atoms with Gasteiger partial charge in [0, 0.05) is 5.56 Å². The summed E-state index contributed by atoms with van der Waals surface area (Å²) in [6.45, 7) is 3.83. The fourth-order valence-corrected chi connectivity index (χ4v) is 2.55. The highest BCUT2D eigenvalue weighted by Crippen LogP contribution is 2.26. The molecule has 2 aromatic rings. The van der Waals surface area contributed by atoms with E-state index in [2.05, 4.69) is 26.8 Å². The Morgan fingerprint density at radius 1 is 1.00 bits per heavy atom. The molecule has 0 aliphatic heterocycles. The largest absolute Gasteiger partial charge is 0.496 e. The predicted molar refractivity (Wildman–Crippen MR) is 97.8 cm³/mol. The van der Waals surface area contributed by atoms with Crippen molar-refractivity contribution in [1.29, 1.82) is 0 Å². The van der Waals surface area contributed by atoms with Crippen molar-refractivity contribution in [3.63, 3.8) is 0 Å². The van der Waals surface area contributed by atoms with Crippen LogP contribution >= 0.6 is 15.9 Å². The third-order valence-corrected chi connectivity index (χ3v) is 3.82. The molecule has 2 aromatic carbocycles. The van der Waals surface area contributed by atoms with Crippen LogP contribution < -0.4 is 20.3 Å². The summed E-state index contributed by atoms with van der Waals surface area (Å²) in [6.07, 6.45) is 0.0242. The van der Waals surface area contributed by atoms with Crippen LogP contribution in [0.1, 0.15) is 34.6 Å². The van der Waals surface area contributed by atoms with Crippen molar-refractivity contribution in [2.24, 2.45) is 0 Å². The predicted octanol–water partition coefficient (Wildman–Crippen LogP) is 3.32. The first kappa shape index (κ1) is 18.8. The lowest BCUT2D eigenvalue weighted by Gasteiger charge is -2.13. The molecular weight excluding hydrogens is 388 g/mol. The van der Waals surface area contributed by atoms with E-state index in [1.807, 2.05) is 13.8 Å². The number of nitrogens with one attached hydrogen (secondary N) is 2. The number of amides is 2. The average molecular weight is 407 g/mol. The highest BCUT2D eigenvalue weighted by atomic mass is 79.9. The van der Waals surface area contributed by atoms with Gasteiger partial charge in [-0.2, -0.15) is 0 Å². The van der Waals surface area contributed by atoms with Crippen molar-refractivity contribution in [1.82, 2.24) is 10.9 Å². The van der Waals surface area contributed by atoms with E-state index in [9.17, 15) is 9.59 Å². The molecule has 2 amide bonds. The van der Waals surface area contributed by atoms with E-state index in [0.29, 0.717) is 27.1 Å². The van der Waals surface area contributed by atoms with Gasteiger partial charge in [0.05, 0.1) is 23.2 Å². The summed E-state index contributed by atoms with van der Waals surface area (Å²) in [5.74, 6) is 0.154. The fraction of sp³-hybridized carbons (Fsp3) is 0.222. The molecule has 132 valence electrons. The van der Waals surface area contributed by atoms with Crippen molar-refractivity contribution >= 4 is 27.7 Å². The van der Waals surface area contributed by atoms with Crippen LogP contribution in [0.25, 0.3) is 0 Å². The molecule has 2 rings (SSSR count). The number of halogens is 1. The topological polar surface area (TPSA) is 76.7 Å². The van der Waals surface area contributed by atoms with Gasteiger partial charge in [-0.25, -0.2) is 0 Å². The summed E-state index contributed by atoms with van der Waals surface area (Å²) >= 11 is 3.37. The van der Waals surface area contributed by atoms with E-state index in [1.165, 1.54) is 7.11 Å². The smallest absolute Gasteiger partial charge is 0.273 e. The SMILES string of the molecule is COc1ccccc1C(=O)NNC(=O)c1ccc(OC(C)C)c(Br)c1. The Morgan fingerprint density at radius 3 is 2.32 bits per heavy atom. The second-order valence-electron chi connectivity index (χ2n) is 5.42. The minimum Gasteiger partial charge on any atom is -0.496 e. The van der Waals surface area contributed by atoms with E-state index < -0.39 is 11.8 Å². The zero-order valence-corrected chi connectivity index (χ0v) is 15.7. The molecule has 0 aromatic heterocycles. The van der Waals surface area contributed by atoms with Crippen LogP contribution in [0.2, 0.25) is 0 Å². The molecule has 0 saturated carbocycles. The Labute approximate surface area is 154 Å². The maximum atomic E-state index is 12.2. The fourth-order valence-electron chi connectivity index (χ4n) is 2.08. The van der Waals surface area contributed by atoms with Crippen molar-refractivity contribution in [2.45, 2.75) is 20.0 Å². The van der Waals surface area contributed by atoms with Gasteiger partial charge in [0.15, 0.2) is 0 Å². The summed E-state index contributed by atoms with van der Waals surface area (Å²) in [4.78, 5) is 24.4. The summed E-state index contributed by atoms with van der Waals surface area (Å²) in [5.41, 5.74) is 5.46. The van der Waals surface area contributed by atoms with Crippen molar-refractivity contribution in [3.8, 4) is 11.5 Å². The summed E-state index contributed by atoms with van der Waals surface area (Å²) < 4.78 is 11.4. The minimum atomic E-state index is -0.468. The molecular formula is C18H19BrN2O4. The number of carbonyl (C=O) groups excluding carboxylic acids is 2. The quantitative estimate of drug-likeness (QED) is 0.746. The lowest BCUT2D eigenvalue weighted by Crippen LogP contribution is -2.41. The first-order valence-corrected chi connectivity index (χ1v) is 8.41. The van der Waals surface area contributed by atoms with Gasteiger partial charge in [0.1, 0.15) is 11.5 Å². The molecule has 0 unspecified atom stereocenters. The second kappa shape index (κ2) is 8.53. The van der Waals surface area contributed by atoms with Gasteiger partial charge < -0.3 is 9.47 Å². The number of hydrazine groups is 1. The third kappa shape index (κ3) is 4.96. The van der Waals surface area contributed by atoms with Gasteiger partial charge in [-0.05, 0) is 60.1 Å². The Kier molecular flexibility index (Phi) is 6.41. The number of para-hydroxylation sites is 1. The summed E-state index contributed by atoms with van der Waals surface area (Å²) in [5, 5.41) is 0. The highest BCUT2D eigenvalue weighted by molar-refractivity contribution is 9.10. The van der Waals surface area contributed by atoms with Crippen LogP contribution in [0.5, 0.6) is 11.5 Å². The third-order valence-electron chi connectivity index (χ3n) is 3.20. The number of ether oxygens (including phenoxy) is 2. The van der Waals surface area contributed by atoms with Crippen molar-refractivity contribution < 1.29 is 19.1 Å². The Hall–Kier alpha value is -2.54. The standard InChI is InChI=1S/C18H19BrN2O4/c1-11(2)25-16-9-8-12(10-14(16)19)17(22)20-21-18(23)13-6-4-5-7-15(13)24-3/h4-11H,1-3H3,(H,20,22)(H,21,23). The van der Waals surface area contributed by atoms with Gasteiger partial charge in [0.2, 0.25) is 0 Å².